The number of benzene rings is 1. The first-order valence-corrected chi connectivity index (χ1v) is 7.20. The zero-order valence-corrected chi connectivity index (χ0v) is 13.0. The smallest absolute Gasteiger partial charge is 0.246 e. The molecule has 1 heterocycles. The van der Waals surface area contributed by atoms with E-state index < -0.39 is 0 Å². The Morgan fingerprint density at radius 1 is 1.41 bits per heavy atom. The van der Waals surface area contributed by atoms with Gasteiger partial charge >= 0.3 is 0 Å². The molecule has 1 amide bonds. The van der Waals surface area contributed by atoms with Crippen LogP contribution in [-0.4, -0.2) is 28.9 Å². The van der Waals surface area contributed by atoms with Crippen molar-refractivity contribution in [3.63, 3.8) is 0 Å². The molecule has 5 nitrogen and oxygen atoms in total. The largest absolute Gasteiger partial charge is 0.372 e. The summed E-state index contributed by atoms with van der Waals surface area (Å²) in [6, 6.07) is 5.93. The minimum absolute atomic E-state index is 0.0476. The van der Waals surface area contributed by atoms with Gasteiger partial charge in [0.1, 0.15) is 12.4 Å². The van der Waals surface area contributed by atoms with E-state index in [0.717, 1.165) is 16.9 Å². The second-order valence-corrected chi connectivity index (χ2v) is 5.00. The van der Waals surface area contributed by atoms with Gasteiger partial charge in [0.15, 0.2) is 0 Å². The Kier molecular flexibility index (Phi) is 5.27. The van der Waals surface area contributed by atoms with E-state index in [4.69, 9.17) is 4.74 Å². The van der Waals surface area contributed by atoms with Crippen LogP contribution in [-0.2, 0) is 9.53 Å². The van der Waals surface area contributed by atoms with Crippen LogP contribution in [0.3, 0.4) is 0 Å². The maximum Gasteiger partial charge on any atom is 0.246 e. The standard InChI is InChI=1S/C16H20FN3O2/c1-4-22-10-16(21)19-11(2)15-9-18-20(12(15)3)14-7-5-13(17)6-8-14/h5-9,11H,4,10H2,1-3H3,(H,19,21). The Hall–Kier alpha value is -2.21. The first-order chi connectivity index (χ1) is 10.5. The van der Waals surface area contributed by atoms with Gasteiger partial charge in [0, 0.05) is 17.9 Å². The number of carbonyl (C=O) groups excluding carboxylic acids is 1. The van der Waals surface area contributed by atoms with Gasteiger partial charge < -0.3 is 10.1 Å². The van der Waals surface area contributed by atoms with Crippen LogP contribution < -0.4 is 5.32 Å². The molecule has 1 N–H and O–H groups in total. The lowest BCUT2D eigenvalue weighted by molar-refractivity contribution is -0.126. The van der Waals surface area contributed by atoms with Crippen molar-refractivity contribution in [1.29, 1.82) is 0 Å². The second kappa shape index (κ2) is 7.17. The zero-order chi connectivity index (χ0) is 16.1. The fourth-order valence-electron chi connectivity index (χ4n) is 2.25. The SMILES string of the molecule is CCOCC(=O)NC(C)c1cnn(-c2ccc(F)cc2)c1C. The molecule has 1 aromatic heterocycles. The van der Waals surface area contributed by atoms with Gasteiger partial charge in [-0.2, -0.15) is 5.10 Å². The molecule has 118 valence electrons. The maximum absolute atomic E-state index is 13.0. The highest BCUT2D eigenvalue weighted by molar-refractivity contribution is 5.77. The fraction of sp³-hybridized carbons (Fsp3) is 0.375. The second-order valence-electron chi connectivity index (χ2n) is 5.00. The molecule has 0 spiro atoms. The number of hydrogen-bond donors (Lipinski definition) is 1. The Bertz CT molecular complexity index is 637. The third-order valence-corrected chi connectivity index (χ3v) is 3.40. The van der Waals surface area contributed by atoms with E-state index in [1.54, 1.807) is 23.0 Å². The predicted molar refractivity (Wildman–Crippen MR) is 81.3 cm³/mol. The van der Waals surface area contributed by atoms with Crippen LogP contribution in [0.4, 0.5) is 4.39 Å². The van der Waals surface area contributed by atoms with Crippen molar-refractivity contribution in [3.8, 4) is 5.69 Å². The molecule has 1 aromatic carbocycles. The number of rotatable bonds is 6. The quantitative estimate of drug-likeness (QED) is 0.892. The highest BCUT2D eigenvalue weighted by Crippen LogP contribution is 2.20. The average molecular weight is 305 g/mol. The minimum atomic E-state index is -0.287. The van der Waals surface area contributed by atoms with Gasteiger partial charge in [0.2, 0.25) is 5.91 Å². The van der Waals surface area contributed by atoms with Gasteiger partial charge in [-0.1, -0.05) is 0 Å². The van der Waals surface area contributed by atoms with Crippen molar-refractivity contribution >= 4 is 5.91 Å². The molecule has 2 aromatic rings. The monoisotopic (exact) mass is 305 g/mol. The van der Waals surface area contributed by atoms with Crippen molar-refractivity contribution in [2.24, 2.45) is 0 Å². The summed E-state index contributed by atoms with van der Waals surface area (Å²) < 4.78 is 19.8. The van der Waals surface area contributed by atoms with Crippen molar-refractivity contribution in [2.45, 2.75) is 26.8 Å². The fourth-order valence-corrected chi connectivity index (χ4v) is 2.25. The van der Waals surface area contributed by atoms with E-state index in [0.29, 0.717) is 6.61 Å². The molecule has 6 heteroatoms. The molecule has 22 heavy (non-hydrogen) atoms. The normalized spacial score (nSPS) is 12.2. The topological polar surface area (TPSA) is 56.1 Å². The van der Waals surface area contributed by atoms with Crippen LogP contribution in [0.25, 0.3) is 5.69 Å². The molecule has 0 aliphatic rings. The highest BCUT2D eigenvalue weighted by Gasteiger charge is 2.16. The number of amides is 1. The van der Waals surface area contributed by atoms with Crippen molar-refractivity contribution in [2.75, 3.05) is 13.2 Å². The summed E-state index contributed by atoms with van der Waals surface area (Å²) >= 11 is 0. The predicted octanol–water partition coefficient (Wildman–Crippen LogP) is 2.53. The highest BCUT2D eigenvalue weighted by atomic mass is 19.1. The van der Waals surface area contributed by atoms with Crippen LogP contribution in [0.2, 0.25) is 0 Å². The third kappa shape index (κ3) is 3.71. The maximum atomic E-state index is 13.0. The van der Waals surface area contributed by atoms with Crippen LogP contribution >= 0.6 is 0 Å². The molecular formula is C16H20FN3O2. The number of ether oxygens (including phenoxy) is 1. The Labute approximate surface area is 129 Å². The molecule has 0 fully saturated rings. The van der Waals surface area contributed by atoms with Crippen LogP contribution in [0.5, 0.6) is 0 Å². The van der Waals surface area contributed by atoms with Gasteiger partial charge in [0.25, 0.3) is 0 Å². The average Bonchev–Trinajstić information content (AvgIpc) is 2.88. The van der Waals surface area contributed by atoms with Gasteiger partial charge in [0.05, 0.1) is 17.9 Å². The number of nitrogens with zero attached hydrogens (tertiary/aromatic N) is 2. The van der Waals surface area contributed by atoms with Gasteiger partial charge in [-0.05, 0) is 45.0 Å². The number of hydrogen-bond acceptors (Lipinski definition) is 3. The summed E-state index contributed by atoms with van der Waals surface area (Å²) in [5.74, 6) is -0.450. The first-order valence-electron chi connectivity index (χ1n) is 7.20. The van der Waals surface area contributed by atoms with E-state index >= 15 is 0 Å². The molecule has 0 bridgehead atoms. The molecule has 2 rings (SSSR count). The Balaban J connectivity index is 2.13. The van der Waals surface area contributed by atoms with Crippen molar-refractivity contribution in [3.05, 3.63) is 47.5 Å². The lowest BCUT2D eigenvalue weighted by atomic mass is 10.1. The van der Waals surface area contributed by atoms with E-state index in [2.05, 4.69) is 10.4 Å². The van der Waals surface area contributed by atoms with Crippen LogP contribution in [0.15, 0.2) is 30.5 Å². The molecule has 1 unspecified atom stereocenters. The lowest BCUT2D eigenvalue weighted by Gasteiger charge is -2.14. The number of nitrogens with one attached hydrogen (secondary N) is 1. The summed E-state index contributed by atoms with van der Waals surface area (Å²) in [7, 11) is 0. The van der Waals surface area contributed by atoms with Gasteiger partial charge in [-0.3, -0.25) is 4.79 Å². The number of carbonyl (C=O) groups is 1. The molecular weight excluding hydrogens is 285 g/mol. The minimum Gasteiger partial charge on any atom is -0.372 e. The number of aromatic nitrogens is 2. The van der Waals surface area contributed by atoms with E-state index in [-0.39, 0.29) is 24.4 Å². The van der Waals surface area contributed by atoms with Crippen LogP contribution in [0.1, 0.15) is 31.1 Å². The van der Waals surface area contributed by atoms with Crippen molar-refractivity contribution < 1.29 is 13.9 Å². The molecule has 0 saturated carbocycles. The van der Waals surface area contributed by atoms with Crippen molar-refractivity contribution in [1.82, 2.24) is 15.1 Å². The zero-order valence-electron chi connectivity index (χ0n) is 13.0. The number of halogens is 1. The van der Waals surface area contributed by atoms with Gasteiger partial charge in [-0.25, -0.2) is 9.07 Å². The first kappa shape index (κ1) is 16.2. The molecule has 0 aliphatic carbocycles. The summed E-state index contributed by atoms with van der Waals surface area (Å²) in [5.41, 5.74) is 2.59. The summed E-state index contributed by atoms with van der Waals surface area (Å²) in [4.78, 5) is 11.7. The lowest BCUT2D eigenvalue weighted by Crippen LogP contribution is -2.30. The molecule has 0 radical (unpaired) electrons. The van der Waals surface area contributed by atoms with Gasteiger partial charge in [-0.15, -0.1) is 0 Å². The molecule has 0 aliphatic heterocycles. The summed E-state index contributed by atoms with van der Waals surface area (Å²) in [5, 5.41) is 7.19. The van der Waals surface area contributed by atoms with E-state index in [1.165, 1.54) is 12.1 Å². The van der Waals surface area contributed by atoms with E-state index in [9.17, 15) is 9.18 Å². The Morgan fingerprint density at radius 3 is 2.73 bits per heavy atom. The van der Waals surface area contributed by atoms with Crippen LogP contribution in [0, 0.1) is 12.7 Å². The Morgan fingerprint density at radius 2 is 2.09 bits per heavy atom. The summed E-state index contributed by atoms with van der Waals surface area (Å²) in [6.07, 6.45) is 1.71. The third-order valence-electron chi connectivity index (χ3n) is 3.40. The van der Waals surface area contributed by atoms with E-state index in [1.807, 2.05) is 20.8 Å². The molecule has 1 atom stereocenters. The summed E-state index contributed by atoms with van der Waals surface area (Å²) in [6.45, 7) is 6.20. The molecule has 0 saturated heterocycles.